The lowest BCUT2D eigenvalue weighted by Gasteiger charge is -2.34. The number of Topliss-reactive ketones (excluding diaryl/α,β-unsaturated/α-hetero) is 1. The Kier molecular flexibility index (Phi) is 6.09. The van der Waals surface area contributed by atoms with E-state index in [1.807, 2.05) is 0 Å². The molecule has 2 aliphatic rings. The van der Waals surface area contributed by atoms with E-state index in [-0.39, 0.29) is 22.8 Å². The molecule has 0 radical (unpaired) electrons. The molecule has 0 spiro atoms. The number of nitro groups is 1. The molecule has 0 saturated carbocycles. The van der Waals surface area contributed by atoms with Gasteiger partial charge < -0.3 is 9.64 Å². The van der Waals surface area contributed by atoms with Gasteiger partial charge >= 0.3 is 0 Å². The number of aromatic nitrogens is 3. The summed E-state index contributed by atoms with van der Waals surface area (Å²) in [6, 6.07) is 5.83. The summed E-state index contributed by atoms with van der Waals surface area (Å²) in [7, 11) is 0. The second-order valence-electron chi connectivity index (χ2n) is 9.97. The maximum Gasteiger partial charge on any atom is 0.270 e. The first-order chi connectivity index (χ1) is 17.8. The third-order valence-corrected chi connectivity index (χ3v) is 9.10. The summed E-state index contributed by atoms with van der Waals surface area (Å²) in [6.07, 6.45) is 4.64. The molecule has 0 bridgehead atoms. The fraction of sp³-hybridized carbons (Fsp3) is 0.385. The van der Waals surface area contributed by atoms with E-state index in [4.69, 9.17) is 9.72 Å². The zero-order valence-corrected chi connectivity index (χ0v) is 22.2. The quantitative estimate of drug-likeness (QED) is 0.103. The predicted molar refractivity (Wildman–Crippen MR) is 145 cm³/mol. The first kappa shape index (κ1) is 24.2. The number of nitro benzene ring substituents is 1. The lowest BCUT2D eigenvalue weighted by atomic mass is 9.90. The van der Waals surface area contributed by atoms with Crippen molar-refractivity contribution in [2.75, 3.05) is 23.7 Å². The molecule has 6 rings (SSSR count). The number of ketones is 1. The van der Waals surface area contributed by atoms with Crippen molar-refractivity contribution in [1.29, 1.82) is 0 Å². The Labute approximate surface area is 221 Å². The van der Waals surface area contributed by atoms with Gasteiger partial charge in [-0.1, -0.05) is 23.9 Å². The number of ether oxygens (including phenoxy) is 1. The molecule has 9 nitrogen and oxygen atoms in total. The Morgan fingerprint density at radius 3 is 2.84 bits per heavy atom. The van der Waals surface area contributed by atoms with Crippen LogP contribution in [-0.4, -0.2) is 50.1 Å². The zero-order valence-electron chi connectivity index (χ0n) is 20.5. The van der Waals surface area contributed by atoms with Crippen molar-refractivity contribution in [3.63, 3.8) is 0 Å². The number of anilines is 1. The van der Waals surface area contributed by atoms with Crippen LogP contribution in [0.1, 0.15) is 48.2 Å². The summed E-state index contributed by atoms with van der Waals surface area (Å²) in [5.41, 5.74) is 3.19. The minimum Gasteiger partial charge on any atom is -0.370 e. The van der Waals surface area contributed by atoms with Gasteiger partial charge in [0.2, 0.25) is 0 Å². The van der Waals surface area contributed by atoms with Gasteiger partial charge in [-0.2, -0.15) is 0 Å². The van der Waals surface area contributed by atoms with Crippen LogP contribution in [0, 0.1) is 10.1 Å². The van der Waals surface area contributed by atoms with Crippen LogP contribution in [0.15, 0.2) is 35.6 Å². The molecule has 0 amide bonds. The molecule has 37 heavy (non-hydrogen) atoms. The van der Waals surface area contributed by atoms with Crippen LogP contribution in [0.3, 0.4) is 0 Å². The van der Waals surface area contributed by atoms with E-state index >= 15 is 0 Å². The Morgan fingerprint density at radius 2 is 2.05 bits per heavy atom. The minimum absolute atomic E-state index is 0.0960. The van der Waals surface area contributed by atoms with Crippen LogP contribution in [0.25, 0.3) is 20.4 Å². The van der Waals surface area contributed by atoms with E-state index in [0.717, 1.165) is 69.2 Å². The summed E-state index contributed by atoms with van der Waals surface area (Å²) >= 11 is 2.89. The molecule has 3 aromatic heterocycles. The maximum atomic E-state index is 12.8. The average molecular weight is 536 g/mol. The summed E-state index contributed by atoms with van der Waals surface area (Å²) in [6.45, 7) is 6.75. The van der Waals surface area contributed by atoms with Gasteiger partial charge in [-0.3, -0.25) is 14.9 Å². The van der Waals surface area contributed by atoms with Gasteiger partial charge in [0, 0.05) is 48.2 Å². The van der Waals surface area contributed by atoms with Gasteiger partial charge in [-0.25, -0.2) is 15.0 Å². The first-order valence-corrected chi connectivity index (χ1v) is 14.0. The lowest BCUT2D eigenvalue weighted by Crippen LogP contribution is -2.33. The van der Waals surface area contributed by atoms with Crippen molar-refractivity contribution in [2.24, 2.45) is 0 Å². The molecule has 5 heterocycles. The summed E-state index contributed by atoms with van der Waals surface area (Å²) in [5, 5.41) is 12.9. The number of hydrogen-bond acceptors (Lipinski definition) is 10. The zero-order chi connectivity index (χ0) is 25.7. The first-order valence-electron chi connectivity index (χ1n) is 12.2. The number of nitrogens with zero attached hydrogens (tertiary/aromatic N) is 5. The molecule has 1 aromatic carbocycles. The van der Waals surface area contributed by atoms with Gasteiger partial charge in [0.05, 0.1) is 33.1 Å². The second kappa shape index (κ2) is 9.30. The summed E-state index contributed by atoms with van der Waals surface area (Å²) < 4.78 is 7.11. The van der Waals surface area contributed by atoms with E-state index in [0.29, 0.717) is 12.2 Å². The number of benzene rings is 1. The number of thiophene rings is 1. The van der Waals surface area contributed by atoms with Gasteiger partial charge in [-0.05, 0) is 32.3 Å². The number of rotatable bonds is 6. The van der Waals surface area contributed by atoms with Crippen LogP contribution in [0.2, 0.25) is 0 Å². The van der Waals surface area contributed by atoms with Crippen molar-refractivity contribution in [3.8, 4) is 0 Å². The van der Waals surface area contributed by atoms with E-state index in [1.165, 1.54) is 35.5 Å². The van der Waals surface area contributed by atoms with Gasteiger partial charge in [0.1, 0.15) is 22.0 Å². The predicted octanol–water partition coefficient (Wildman–Crippen LogP) is 5.57. The topological polar surface area (TPSA) is 111 Å². The SMILES string of the molecule is CC1(C)Cc2c(c(N3CCCC3)nc3sc4c(SCC(=O)c5cccc([N+](=O)[O-])c5)ncnc4c23)CO1. The molecule has 1 saturated heterocycles. The van der Waals surface area contributed by atoms with Crippen LogP contribution >= 0.6 is 23.1 Å². The molecule has 11 heteroatoms. The fourth-order valence-electron chi connectivity index (χ4n) is 5.07. The normalized spacial score (nSPS) is 16.9. The molecular formula is C26H25N5O4S2. The van der Waals surface area contributed by atoms with Crippen LogP contribution < -0.4 is 4.90 Å². The largest absolute Gasteiger partial charge is 0.370 e. The number of non-ortho nitro benzene ring substituents is 1. The Hall–Kier alpha value is -3.15. The molecule has 4 aromatic rings. The molecule has 0 aliphatic carbocycles. The molecule has 0 atom stereocenters. The number of hydrogen-bond donors (Lipinski definition) is 0. The summed E-state index contributed by atoms with van der Waals surface area (Å²) in [5.74, 6) is 0.949. The molecule has 0 N–H and O–H groups in total. The highest BCUT2D eigenvalue weighted by Gasteiger charge is 2.33. The monoisotopic (exact) mass is 535 g/mol. The van der Waals surface area contributed by atoms with Gasteiger partial charge in [-0.15, -0.1) is 11.3 Å². The molecule has 0 unspecified atom stereocenters. The Balaban J connectivity index is 1.40. The van der Waals surface area contributed by atoms with E-state index in [1.54, 1.807) is 23.7 Å². The highest BCUT2D eigenvalue weighted by Crippen LogP contribution is 2.44. The molecular weight excluding hydrogens is 510 g/mol. The maximum absolute atomic E-state index is 12.8. The van der Waals surface area contributed by atoms with Gasteiger partial charge in [0.15, 0.2) is 5.78 Å². The number of carbonyl (C=O) groups excluding carboxylic acids is 1. The number of pyridine rings is 1. The highest BCUT2D eigenvalue weighted by molar-refractivity contribution is 8.00. The fourth-order valence-corrected chi connectivity index (χ4v) is 7.20. The van der Waals surface area contributed by atoms with E-state index < -0.39 is 4.92 Å². The number of thioether (sulfide) groups is 1. The highest BCUT2D eigenvalue weighted by atomic mass is 32.2. The molecule has 2 aliphatic heterocycles. The Morgan fingerprint density at radius 1 is 1.24 bits per heavy atom. The van der Waals surface area contributed by atoms with Crippen molar-refractivity contribution in [2.45, 2.75) is 50.3 Å². The van der Waals surface area contributed by atoms with Crippen LogP contribution in [0.5, 0.6) is 0 Å². The standard InChI is InChI=1S/C26H25N5O4S2/c1-26(2)11-17-18(12-35-26)23(30-8-3-4-9-30)29-24-20(17)21-22(37-24)25(28-14-27-21)36-13-19(32)15-6-5-7-16(10-15)31(33)34/h5-7,10,14H,3-4,8-9,11-13H2,1-2H3. The third kappa shape index (κ3) is 4.45. The van der Waals surface area contributed by atoms with Crippen molar-refractivity contribution in [3.05, 3.63) is 57.4 Å². The van der Waals surface area contributed by atoms with E-state index in [9.17, 15) is 14.9 Å². The van der Waals surface area contributed by atoms with E-state index in [2.05, 4.69) is 28.7 Å². The van der Waals surface area contributed by atoms with Crippen molar-refractivity contribution < 1.29 is 14.5 Å². The number of carbonyl (C=O) groups is 1. The lowest BCUT2D eigenvalue weighted by molar-refractivity contribution is -0.384. The second-order valence-corrected chi connectivity index (χ2v) is 11.9. The van der Waals surface area contributed by atoms with Crippen molar-refractivity contribution >= 4 is 60.8 Å². The summed E-state index contributed by atoms with van der Waals surface area (Å²) in [4.78, 5) is 41.0. The van der Waals surface area contributed by atoms with Crippen molar-refractivity contribution in [1.82, 2.24) is 15.0 Å². The van der Waals surface area contributed by atoms with Crippen LogP contribution in [-0.2, 0) is 17.8 Å². The smallest absolute Gasteiger partial charge is 0.270 e. The molecule has 1 fully saturated rings. The average Bonchev–Trinajstić information content (AvgIpc) is 3.54. The minimum atomic E-state index is -0.495. The van der Waals surface area contributed by atoms with Gasteiger partial charge in [0.25, 0.3) is 5.69 Å². The van der Waals surface area contributed by atoms with Crippen LogP contribution in [0.4, 0.5) is 11.5 Å². The third-order valence-electron chi connectivity index (χ3n) is 6.90. The number of fused-ring (bicyclic) bond motifs is 5. The molecule has 190 valence electrons. The Bertz CT molecular complexity index is 1560.